The first-order chi connectivity index (χ1) is 12.9. The van der Waals surface area contributed by atoms with Crippen LogP contribution in [0.5, 0.6) is 5.75 Å². The number of hydrogen-bond acceptors (Lipinski definition) is 7. The predicted octanol–water partition coefficient (Wildman–Crippen LogP) is 1.39. The van der Waals surface area contributed by atoms with E-state index in [1.807, 2.05) is 4.72 Å². The van der Waals surface area contributed by atoms with Gasteiger partial charge >= 0.3 is 12.1 Å². The van der Waals surface area contributed by atoms with Gasteiger partial charge in [-0.05, 0) is 6.92 Å². The van der Waals surface area contributed by atoms with Gasteiger partial charge in [0.1, 0.15) is 11.3 Å². The fourth-order valence-electron chi connectivity index (χ4n) is 2.36. The largest absolute Gasteiger partial charge is 0.479 e. The van der Waals surface area contributed by atoms with E-state index in [0.29, 0.717) is 0 Å². The number of carbonyl (C=O) groups is 1. The van der Waals surface area contributed by atoms with Crippen molar-refractivity contribution < 1.29 is 35.9 Å². The number of ether oxygens (including phenoxy) is 2. The average Bonchev–Trinajstić information content (AvgIpc) is 2.94. The van der Waals surface area contributed by atoms with Gasteiger partial charge in [-0.3, -0.25) is 4.68 Å². The molecule has 2 aromatic heterocycles. The number of rotatable bonds is 8. The van der Waals surface area contributed by atoms with Gasteiger partial charge in [-0.15, -0.1) is 0 Å². The van der Waals surface area contributed by atoms with E-state index in [2.05, 4.69) is 10.1 Å². The quantitative estimate of drug-likeness (QED) is 0.638. The van der Waals surface area contributed by atoms with Crippen LogP contribution in [0.3, 0.4) is 0 Å². The molecule has 0 aromatic carbocycles. The summed E-state index contributed by atoms with van der Waals surface area (Å²) in [6.07, 6.45) is -4.79. The second-order valence-corrected chi connectivity index (χ2v) is 7.66. The van der Waals surface area contributed by atoms with Crippen LogP contribution >= 0.6 is 0 Å². The van der Waals surface area contributed by atoms with Crippen LogP contribution in [0.15, 0.2) is 12.4 Å². The van der Waals surface area contributed by atoms with Crippen molar-refractivity contribution in [2.24, 2.45) is 7.05 Å². The number of aromatic nitrogens is 3. The number of alkyl halides is 3. The van der Waals surface area contributed by atoms with Crippen molar-refractivity contribution in [2.45, 2.75) is 25.6 Å². The van der Waals surface area contributed by atoms with Gasteiger partial charge in [0, 0.05) is 26.2 Å². The Morgan fingerprint density at radius 3 is 2.61 bits per heavy atom. The molecule has 0 spiro atoms. The van der Waals surface area contributed by atoms with Crippen LogP contribution in [0.2, 0.25) is 0 Å². The van der Waals surface area contributed by atoms with Gasteiger partial charge in [-0.2, -0.15) is 18.3 Å². The molecule has 1 atom stereocenters. The standard InChI is InChI=1S/C15H19F3N4O5S/c1-4-26-14(23)10-7-19-13-9(8-20-22(13)2)12(10)27-11(15(16,17)18)5-6-21-28(3,24)25/h7-8,11,21H,4-6H2,1-3H3/t11-/m0/s1. The summed E-state index contributed by atoms with van der Waals surface area (Å²) in [4.78, 5) is 16.2. The summed E-state index contributed by atoms with van der Waals surface area (Å²) in [6.45, 7) is 1.05. The van der Waals surface area contributed by atoms with E-state index in [4.69, 9.17) is 9.47 Å². The third kappa shape index (κ3) is 5.32. The molecule has 2 rings (SSSR count). The molecule has 0 aliphatic rings. The number of pyridine rings is 1. The lowest BCUT2D eigenvalue weighted by atomic mass is 10.2. The highest BCUT2D eigenvalue weighted by Gasteiger charge is 2.42. The Hall–Kier alpha value is -2.41. The number of carbonyl (C=O) groups excluding carboxylic acids is 1. The van der Waals surface area contributed by atoms with Gasteiger partial charge in [0.25, 0.3) is 0 Å². The van der Waals surface area contributed by atoms with Crippen molar-refractivity contribution in [2.75, 3.05) is 19.4 Å². The van der Waals surface area contributed by atoms with E-state index in [1.165, 1.54) is 17.9 Å². The highest BCUT2D eigenvalue weighted by atomic mass is 32.2. The SMILES string of the molecule is CCOC(=O)c1cnc2c(cnn2C)c1O[C@@H](CCNS(C)(=O)=O)C(F)(F)F. The van der Waals surface area contributed by atoms with Crippen molar-refractivity contribution >= 4 is 27.0 Å². The molecule has 0 unspecified atom stereocenters. The first-order valence-electron chi connectivity index (χ1n) is 8.10. The fourth-order valence-corrected chi connectivity index (χ4v) is 2.85. The number of nitrogens with zero attached hydrogens (tertiary/aromatic N) is 3. The van der Waals surface area contributed by atoms with Gasteiger partial charge in [-0.25, -0.2) is 22.9 Å². The first kappa shape index (κ1) is 21.9. The second-order valence-electron chi connectivity index (χ2n) is 5.83. The minimum atomic E-state index is -4.82. The summed E-state index contributed by atoms with van der Waals surface area (Å²) < 4.78 is 75.9. The summed E-state index contributed by atoms with van der Waals surface area (Å²) >= 11 is 0. The minimum Gasteiger partial charge on any atom is -0.479 e. The van der Waals surface area contributed by atoms with E-state index < -0.39 is 41.2 Å². The zero-order valence-electron chi connectivity index (χ0n) is 15.3. The van der Waals surface area contributed by atoms with E-state index in [1.54, 1.807) is 6.92 Å². The number of aryl methyl sites for hydroxylation is 1. The van der Waals surface area contributed by atoms with Crippen molar-refractivity contribution in [3.63, 3.8) is 0 Å². The Morgan fingerprint density at radius 1 is 1.36 bits per heavy atom. The van der Waals surface area contributed by atoms with Crippen LogP contribution in [-0.4, -0.2) is 60.8 Å². The molecule has 9 nitrogen and oxygen atoms in total. The Balaban J connectivity index is 2.43. The molecule has 0 radical (unpaired) electrons. The fraction of sp³-hybridized carbons (Fsp3) is 0.533. The Labute approximate surface area is 158 Å². The van der Waals surface area contributed by atoms with Crippen LogP contribution in [-0.2, 0) is 21.8 Å². The van der Waals surface area contributed by atoms with Crippen LogP contribution in [0, 0.1) is 0 Å². The van der Waals surface area contributed by atoms with Crippen molar-refractivity contribution in [1.29, 1.82) is 0 Å². The summed E-state index contributed by atoms with van der Waals surface area (Å²) in [5.41, 5.74) is -0.0779. The van der Waals surface area contributed by atoms with Gasteiger partial charge in [0.15, 0.2) is 11.8 Å². The molecule has 0 bridgehead atoms. The molecule has 0 amide bonds. The first-order valence-corrected chi connectivity index (χ1v) is 9.99. The lowest BCUT2D eigenvalue weighted by Gasteiger charge is -2.23. The zero-order chi connectivity index (χ0) is 21.1. The molecular weight excluding hydrogens is 405 g/mol. The smallest absolute Gasteiger partial charge is 0.425 e. The molecule has 0 saturated heterocycles. The maximum absolute atomic E-state index is 13.5. The zero-order valence-corrected chi connectivity index (χ0v) is 16.1. The third-order valence-corrected chi connectivity index (χ3v) is 4.33. The molecular formula is C15H19F3N4O5S. The number of esters is 1. The van der Waals surface area contributed by atoms with Crippen LogP contribution in [0.1, 0.15) is 23.7 Å². The van der Waals surface area contributed by atoms with Crippen molar-refractivity contribution in [1.82, 2.24) is 19.5 Å². The molecule has 28 heavy (non-hydrogen) atoms. The van der Waals surface area contributed by atoms with Crippen LogP contribution in [0.25, 0.3) is 11.0 Å². The molecule has 156 valence electrons. The van der Waals surface area contributed by atoms with Crippen LogP contribution in [0.4, 0.5) is 13.2 Å². The van der Waals surface area contributed by atoms with Crippen molar-refractivity contribution in [3.8, 4) is 5.75 Å². The Morgan fingerprint density at radius 2 is 2.04 bits per heavy atom. The number of halogens is 3. The topological polar surface area (TPSA) is 112 Å². The molecule has 1 N–H and O–H groups in total. The lowest BCUT2D eigenvalue weighted by molar-refractivity contribution is -0.196. The summed E-state index contributed by atoms with van der Waals surface area (Å²) in [7, 11) is -2.14. The van der Waals surface area contributed by atoms with Gasteiger partial charge in [0.05, 0.1) is 24.4 Å². The summed E-state index contributed by atoms with van der Waals surface area (Å²) in [5.74, 6) is -1.27. The minimum absolute atomic E-state index is 0.00429. The molecule has 0 aliphatic carbocycles. The highest BCUT2D eigenvalue weighted by molar-refractivity contribution is 7.88. The monoisotopic (exact) mass is 424 g/mol. The number of fused-ring (bicyclic) bond motifs is 1. The van der Waals surface area contributed by atoms with E-state index in [0.717, 1.165) is 12.5 Å². The molecule has 2 heterocycles. The van der Waals surface area contributed by atoms with Gasteiger partial charge in [0.2, 0.25) is 10.0 Å². The van der Waals surface area contributed by atoms with E-state index in [-0.39, 0.29) is 29.0 Å². The Kier molecular flexibility index (Phi) is 6.49. The summed E-state index contributed by atoms with van der Waals surface area (Å²) in [5, 5.41) is 4.01. The normalized spacial score (nSPS) is 13.5. The molecule has 0 saturated carbocycles. The maximum Gasteiger partial charge on any atom is 0.425 e. The average molecular weight is 424 g/mol. The molecule has 2 aromatic rings. The van der Waals surface area contributed by atoms with Gasteiger partial charge < -0.3 is 9.47 Å². The number of hydrogen-bond donors (Lipinski definition) is 1. The van der Waals surface area contributed by atoms with Crippen LogP contribution < -0.4 is 9.46 Å². The highest BCUT2D eigenvalue weighted by Crippen LogP contribution is 2.34. The van der Waals surface area contributed by atoms with E-state index in [9.17, 15) is 26.4 Å². The summed E-state index contributed by atoms with van der Waals surface area (Å²) in [6, 6.07) is 0. The second kappa shape index (κ2) is 8.31. The number of sulfonamides is 1. The predicted molar refractivity (Wildman–Crippen MR) is 92.4 cm³/mol. The Bertz CT molecular complexity index is 958. The van der Waals surface area contributed by atoms with Gasteiger partial charge in [-0.1, -0.05) is 0 Å². The number of nitrogens with one attached hydrogen (secondary N) is 1. The third-order valence-electron chi connectivity index (χ3n) is 3.60. The maximum atomic E-state index is 13.5. The lowest BCUT2D eigenvalue weighted by Crippen LogP contribution is -2.38. The molecule has 0 fully saturated rings. The molecule has 13 heteroatoms. The van der Waals surface area contributed by atoms with E-state index >= 15 is 0 Å². The van der Waals surface area contributed by atoms with Crippen molar-refractivity contribution in [3.05, 3.63) is 18.0 Å². The molecule has 0 aliphatic heterocycles.